The zero-order chi connectivity index (χ0) is 18.7. The number of amides is 1. The lowest BCUT2D eigenvalue weighted by atomic mass is 10.1. The number of hydrogen-bond acceptors (Lipinski definition) is 3. The zero-order valence-corrected chi connectivity index (χ0v) is 15.2. The minimum Gasteiger partial charge on any atom is -0.494 e. The summed E-state index contributed by atoms with van der Waals surface area (Å²) in [6.07, 6.45) is 0. The van der Waals surface area contributed by atoms with Crippen LogP contribution in [-0.4, -0.2) is 22.9 Å². The van der Waals surface area contributed by atoms with E-state index in [4.69, 9.17) is 4.74 Å². The maximum atomic E-state index is 12.5. The van der Waals surface area contributed by atoms with Crippen LogP contribution in [0, 0.1) is 6.92 Å². The first-order valence-corrected chi connectivity index (χ1v) is 8.62. The number of Topliss-reactive ketones (excluding diaryl/α,β-unsaturated/α-hetero) is 1. The van der Waals surface area contributed by atoms with Gasteiger partial charge in [-0.25, -0.2) is 0 Å². The lowest BCUT2D eigenvalue weighted by Gasteiger charge is -2.10. The second kappa shape index (κ2) is 7.44. The number of benzene rings is 2. The van der Waals surface area contributed by atoms with Crippen LogP contribution in [0.5, 0.6) is 5.75 Å². The highest BCUT2D eigenvalue weighted by atomic mass is 16.5. The third-order valence-corrected chi connectivity index (χ3v) is 4.33. The van der Waals surface area contributed by atoms with Gasteiger partial charge < -0.3 is 14.6 Å². The van der Waals surface area contributed by atoms with Gasteiger partial charge in [0.05, 0.1) is 6.61 Å². The molecule has 0 aliphatic carbocycles. The molecular formula is C21H22N2O3. The number of para-hydroxylation sites is 1. The molecule has 1 aromatic heterocycles. The first-order chi connectivity index (χ1) is 12.5. The van der Waals surface area contributed by atoms with E-state index in [0.717, 1.165) is 22.3 Å². The molecule has 134 valence electrons. The Labute approximate surface area is 152 Å². The number of ether oxygens (including phenoxy) is 1. The molecule has 0 radical (unpaired) electrons. The van der Waals surface area contributed by atoms with E-state index >= 15 is 0 Å². The Bertz CT molecular complexity index is 955. The summed E-state index contributed by atoms with van der Waals surface area (Å²) in [7, 11) is 0. The Morgan fingerprint density at radius 2 is 1.77 bits per heavy atom. The van der Waals surface area contributed by atoms with Crippen molar-refractivity contribution in [2.75, 3.05) is 11.9 Å². The Kier molecular flexibility index (Phi) is 5.07. The van der Waals surface area contributed by atoms with E-state index in [1.807, 2.05) is 66.9 Å². The van der Waals surface area contributed by atoms with Gasteiger partial charge in [-0.15, -0.1) is 0 Å². The highest BCUT2D eigenvalue weighted by Gasteiger charge is 2.18. The molecular weight excluding hydrogens is 328 g/mol. The molecule has 0 aliphatic heterocycles. The van der Waals surface area contributed by atoms with E-state index < -0.39 is 0 Å². The molecule has 0 saturated carbocycles. The number of aromatic nitrogens is 1. The molecule has 1 heterocycles. The number of carbonyl (C=O) groups excluding carboxylic acids is 2. The molecule has 0 bridgehead atoms. The number of carbonyl (C=O) groups is 2. The molecule has 5 nitrogen and oxygen atoms in total. The van der Waals surface area contributed by atoms with Gasteiger partial charge in [0, 0.05) is 27.8 Å². The van der Waals surface area contributed by atoms with E-state index in [9.17, 15) is 9.59 Å². The number of nitrogens with one attached hydrogen (secondary N) is 1. The molecule has 0 unspecified atom stereocenters. The monoisotopic (exact) mass is 350 g/mol. The second-order valence-electron chi connectivity index (χ2n) is 6.13. The Hall–Kier alpha value is -3.08. The van der Waals surface area contributed by atoms with Gasteiger partial charge in [0.25, 0.3) is 0 Å². The van der Waals surface area contributed by atoms with Crippen LogP contribution in [0.3, 0.4) is 0 Å². The van der Waals surface area contributed by atoms with Crippen molar-refractivity contribution in [2.24, 2.45) is 0 Å². The summed E-state index contributed by atoms with van der Waals surface area (Å²) < 4.78 is 7.29. The first-order valence-electron chi connectivity index (χ1n) is 8.62. The Morgan fingerprint density at radius 1 is 1.08 bits per heavy atom. The number of hydrogen-bond donors (Lipinski definition) is 1. The average molecular weight is 350 g/mol. The topological polar surface area (TPSA) is 60.3 Å². The zero-order valence-electron chi connectivity index (χ0n) is 15.2. The SMILES string of the molecule is CCOc1ccc(NC(=O)Cn2c(C)c(C(C)=O)c3ccccc32)cc1. The van der Waals surface area contributed by atoms with Gasteiger partial charge >= 0.3 is 0 Å². The standard InChI is InChI=1S/C21H22N2O3/c1-4-26-17-11-9-16(10-12-17)22-20(25)13-23-14(2)21(15(3)24)18-7-5-6-8-19(18)23/h5-12H,4,13H2,1-3H3,(H,22,25). The van der Waals surface area contributed by atoms with Crippen molar-refractivity contribution in [2.45, 2.75) is 27.3 Å². The fraction of sp³-hybridized carbons (Fsp3) is 0.238. The molecule has 1 N–H and O–H groups in total. The lowest BCUT2D eigenvalue weighted by Crippen LogP contribution is -2.19. The minimum absolute atomic E-state index is 0.00405. The highest BCUT2D eigenvalue weighted by molar-refractivity contribution is 6.08. The van der Waals surface area contributed by atoms with Gasteiger partial charge in [-0.3, -0.25) is 9.59 Å². The van der Waals surface area contributed by atoms with Gasteiger partial charge in [0.15, 0.2) is 5.78 Å². The molecule has 0 atom stereocenters. The van der Waals surface area contributed by atoms with E-state index in [-0.39, 0.29) is 18.2 Å². The highest BCUT2D eigenvalue weighted by Crippen LogP contribution is 2.26. The molecule has 2 aromatic carbocycles. The van der Waals surface area contributed by atoms with Gasteiger partial charge in [-0.1, -0.05) is 18.2 Å². The third-order valence-electron chi connectivity index (χ3n) is 4.33. The van der Waals surface area contributed by atoms with Gasteiger partial charge in [-0.05, 0) is 51.1 Å². The van der Waals surface area contributed by atoms with Crippen LogP contribution in [0.25, 0.3) is 10.9 Å². The molecule has 0 aliphatic rings. The van der Waals surface area contributed by atoms with E-state index in [2.05, 4.69) is 5.32 Å². The van der Waals surface area contributed by atoms with Crippen molar-refractivity contribution in [1.29, 1.82) is 0 Å². The average Bonchev–Trinajstić information content (AvgIpc) is 2.89. The molecule has 3 aromatic rings. The van der Waals surface area contributed by atoms with Crippen LogP contribution in [0.2, 0.25) is 0 Å². The van der Waals surface area contributed by atoms with Gasteiger partial charge in [0.2, 0.25) is 5.91 Å². The van der Waals surface area contributed by atoms with E-state index in [1.165, 1.54) is 0 Å². The summed E-state index contributed by atoms with van der Waals surface area (Å²) in [5.41, 5.74) is 3.08. The Balaban J connectivity index is 1.83. The van der Waals surface area contributed by atoms with Crippen molar-refractivity contribution in [3.05, 3.63) is 59.8 Å². The van der Waals surface area contributed by atoms with Crippen LogP contribution in [0.15, 0.2) is 48.5 Å². The Morgan fingerprint density at radius 3 is 2.42 bits per heavy atom. The molecule has 3 rings (SSSR count). The lowest BCUT2D eigenvalue weighted by molar-refractivity contribution is -0.116. The van der Waals surface area contributed by atoms with Gasteiger partial charge in [0.1, 0.15) is 12.3 Å². The van der Waals surface area contributed by atoms with Crippen molar-refractivity contribution in [3.63, 3.8) is 0 Å². The van der Waals surface area contributed by atoms with Crippen LogP contribution < -0.4 is 10.1 Å². The number of nitrogens with zero attached hydrogens (tertiary/aromatic N) is 1. The molecule has 5 heteroatoms. The normalized spacial score (nSPS) is 10.7. The summed E-state index contributed by atoms with van der Waals surface area (Å²) in [5.74, 6) is 0.626. The molecule has 1 amide bonds. The van der Waals surface area contributed by atoms with Crippen molar-refractivity contribution < 1.29 is 14.3 Å². The van der Waals surface area contributed by atoms with E-state index in [1.54, 1.807) is 6.92 Å². The fourth-order valence-corrected chi connectivity index (χ4v) is 3.22. The minimum atomic E-state index is -0.145. The maximum absolute atomic E-state index is 12.5. The third kappa shape index (κ3) is 3.47. The molecule has 0 fully saturated rings. The predicted molar refractivity (Wildman–Crippen MR) is 103 cm³/mol. The number of rotatable bonds is 6. The predicted octanol–water partition coefficient (Wildman–Crippen LogP) is 4.19. The maximum Gasteiger partial charge on any atom is 0.244 e. The van der Waals surface area contributed by atoms with Gasteiger partial charge in [-0.2, -0.15) is 0 Å². The summed E-state index contributed by atoms with van der Waals surface area (Å²) in [4.78, 5) is 24.5. The summed E-state index contributed by atoms with van der Waals surface area (Å²) in [5, 5.41) is 3.77. The fourth-order valence-electron chi connectivity index (χ4n) is 3.22. The number of fused-ring (bicyclic) bond motifs is 1. The second-order valence-corrected chi connectivity index (χ2v) is 6.13. The van der Waals surface area contributed by atoms with E-state index in [0.29, 0.717) is 17.9 Å². The van der Waals surface area contributed by atoms with Crippen molar-refractivity contribution >= 4 is 28.3 Å². The summed E-state index contributed by atoms with van der Waals surface area (Å²) in [6, 6.07) is 14.9. The summed E-state index contributed by atoms with van der Waals surface area (Å²) in [6.45, 7) is 6.10. The van der Waals surface area contributed by atoms with Crippen LogP contribution >= 0.6 is 0 Å². The van der Waals surface area contributed by atoms with Crippen LogP contribution in [0.4, 0.5) is 5.69 Å². The largest absolute Gasteiger partial charge is 0.494 e. The molecule has 0 spiro atoms. The van der Waals surface area contributed by atoms with Crippen LogP contribution in [-0.2, 0) is 11.3 Å². The van der Waals surface area contributed by atoms with Crippen molar-refractivity contribution in [3.8, 4) is 5.75 Å². The van der Waals surface area contributed by atoms with Crippen molar-refractivity contribution in [1.82, 2.24) is 4.57 Å². The quantitative estimate of drug-likeness (QED) is 0.678. The number of ketones is 1. The number of anilines is 1. The smallest absolute Gasteiger partial charge is 0.244 e. The first kappa shape index (κ1) is 17.7. The molecule has 26 heavy (non-hydrogen) atoms. The summed E-state index contributed by atoms with van der Waals surface area (Å²) >= 11 is 0. The molecule has 0 saturated heterocycles. The van der Waals surface area contributed by atoms with Crippen LogP contribution in [0.1, 0.15) is 29.9 Å².